The molecule has 1 unspecified atom stereocenters. The number of rotatable bonds is 5. The zero-order chi connectivity index (χ0) is 12.1. The van der Waals surface area contributed by atoms with Crippen LogP contribution in [0.25, 0.3) is 0 Å². The van der Waals surface area contributed by atoms with Crippen molar-refractivity contribution in [2.75, 3.05) is 14.2 Å². The highest BCUT2D eigenvalue weighted by Crippen LogP contribution is 2.36. The largest absolute Gasteiger partial charge is 0.496 e. The standard InChI is InChI=1S/C13H18O3/c1-9(2)8-10(14)13-11(15-3)6-5-7-12(13)16-4/h5-7,10,14H,1,8H2,2-4H3. The van der Waals surface area contributed by atoms with E-state index in [9.17, 15) is 5.11 Å². The Morgan fingerprint density at radius 1 is 1.31 bits per heavy atom. The maximum Gasteiger partial charge on any atom is 0.128 e. The first kappa shape index (κ1) is 12.6. The molecule has 0 aromatic heterocycles. The Kier molecular flexibility index (Phi) is 4.38. The van der Waals surface area contributed by atoms with Crippen molar-refractivity contribution in [2.45, 2.75) is 19.4 Å². The molecule has 0 fully saturated rings. The predicted molar refractivity (Wildman–Crippen MR) is 63.9 cm³/mol. The fourth-order valence-electron chi connectivity index (χ4n) is 1.64. The molecule has 1 aromatic carbocycles. The lowest BCUT2D eigenvalue weighted by molar-refractivity contribution is 0.169. The van der Waals surface area contributed by atoms with Crippen molar-refractivity contribution >= 4 is 0 Å². The first-order valence-electron chi connectivity index (χ1n) is 5.13. The highest BCUT2D eigenvalue weighted by Gasteiger charge is 2.18. The maximum absolute atomic E-state index is 10.1. The number of benzene rings is 1. The molecule has 0 saturated carbocycles. The van der Waals surface area contributed by atoms with Gasteiger partial charge in [0.1, 0.15) is 11.5 Å². The molecule has 88 valence electrons. The van der Waals surface area contributed by atoms with Crippen LogP contribution in [0, 0.1) is 0 Å². The molecule has 0 aliphatic heterocycles. The summed E-state index contributed by atoms with van der Waals surface area (Å²) in [5, 5.41) is 10.1. The average Bonchev–Trinajstić information content (AvgIpc) is 2.26. The van der Waals surface area contributed by atoms with Crippen LogP contribution < -0.4 is 9.47 Å². The van der Waals surface area contributed by atoms with Gasteiger partial charge in [-0.25, -0.2) is 0 Å². The van der Waals surface area contributed by atoms with E-state index in [1.54, 1.807) is 26.4 Å². The summed E-state index contributed by atoms with van der Waals surface area (Å²) in [7, 11) is 3.15. The van der Waals surface area contributed by atoms with Crippen molar-refractivity contribution in [2.24, 2.45) is 0 Å². The Balaban J connectivity index is 3.12. The first-order valence-corrected chi connectivity index (χ1v) is 5.13. The second-order valence-corrected chi connectivity index (χ2v) is 3.75. The van der Waals surface area contributed by atoms with E-state index in [-0.39, 0.29) is 0 Å². The minimum absolute atomic E-state index is 0.497. The Bertz CT molecular complexity index is 349. The lowest BCUT2D eigenvalue weighted by Gasteiger charge is -2.17. The van der Waals surface area contributed by atoms with Crippen molar-refractivity contribution in [1.82, 2.24) is 0 Å². The molecule has 0 aliphatic rings. The van der Waals surface area contributed by atoms with E-state index in [0.717, 1.165) is 5.57 Å². The van der Waals surface area contributed by atoms with Gasteiger partial charge in [-0.1, -0.05) is 11.6 Å². The molecule has 0 saturated heterocycles. The molecule has 0 spiro atoms. The van der Waals surface area contributed by atoms with Gasteiger partial charge >= 0.3 is 0 Å². The number of aliphatic hydroxyl groups is 1. The van der Waals surface area contributed by atoms with Gasteiger partial charge in [0.05, 0.1) is 25.9 Å². The lowest BCUT2D eigenvalue weighted by Crippen LogP contribution is -2.03. The van der Waals surface area contributed by atoms with Crippen molar-refractivity contribution in [1.29, 1.82) is 0 Å². The van der Waals surface area contributed by atoms with Crippen LogP contribution in [-0.4, -0.2) is 19.3 Å². The molecule has 1 atom stereocenters. The van der Waals surface area contributed by atoms with Crippen molar-refractivity contribution in [3.05, 3.63) is 35.9 Å². The number of ether oxygens (including phenoxy) is 2. The normalized spacial score (nSPS) is 12.0. The minimum Gasteiger partial charge on any atom is -0.496 e. The third kappa shape index (κ3) is 2.76. The molecule has 1 N–H and O–H groups in total. The predicted octanol–water partition coefficient (Wildman–Crippen LogP) is 2.70. The van der Waals surface area contributed by atoms with Crippen LogP contribution in [0.1, 0.15) is 25.0 Å². The second kappa shape index (κ2) is 5.56. The molecule has 1 aromatic rings. The molecular weight excluding hydrogens is 204 g/mol. The van der Waals surface area contributed by atoms with Gasteiger partial charge in [0.25, 0.3) is 0 Å². The van der Waals surface area contributed by atoms with Gasteiger partial charge in [0, 0.05) is 0 Å². The van der Waals surface area contributed by atoms with Crippen LogP contribution in [0.3, 0.4) is 0 Å². The summed E-state index contributed by atoms with van der Waals surface area (Å²) in [4.78, 5) is 0. The molecule has 0 heterocycles. The average molecular weight is 222 g/mol. The van der Waals surface area contributed by atoms with Gasteiger partial charge in [-0.2, -0.15) is 0 Å². The van der Waals surface area contributed by atoms with Crippen LogP contribution in [0.15, 0.2) is 30.4 Å². The Morgan fingerprint density at radius 3 is 2.19 bits per heavy atom. The lowest BCUT2D eigenvalue weighted by atomic mass is 10.0. The summed E-state index contributed by atoms with van der Waals surface area (Å²) >= 11 is 0. The van der Waals surface area contributed by atoms with E-state index in [2.05, 4.69) is 6.58 Å². The maximum atomic E-state index is 10.1. The van der Waals surface area contributed by atoms with E-state index < -0.39 is 6.10 Å². The van der Waals surface area contributed by atoms with E-state index in [1.807, 2.05) is 13.0 Å². The van der Waals surface area contributed by atoms with Gasteiger partial charge in [-0.3, -0.25) is 0 Å². The SMILES string of the molecule is C=C(C)CC(O)c1c(OC)cccc1OC. The van der Waals surface area contributed by atoms with Gasteiger partial charge in [0.15, 0.2) is 0 Å². The van der Waals surface area contributed by atoms with Crippen molar-refractivity contribution < 1.29 is 14.6 Å². The third-order valence-corrected chi connectivity index (χ3v) is 2.34. The number of hydrogen-bond acceptors (Lipinski definition) is 3. The fourth-order valence-corrected chi connectivity index (χ4v) is 1.64. The van der Waals surface area contributed by atoms with E-state index in [0.29, 0.717) is 23.5 Å². The summed E-state index contributed by atoms with van der Waals surface area (Å²) in [5.41, 5.74) is 1.59. The number of aliphatic hydroxyl groups excluding tert-OH is 1. The van der Waals surface area contributed by atoms with Crippen LogP contribution in [-0.2, 0) is 0 Å². The van der Waals surface area contributed by atoms with Gasteiger partial charge in [-0.15, -0.1) is 6.58 Å². The smallest absolute Gasteiger partial charge is 0.128 e. The Hall–Kier alpha value is -1.48. The monoisotopic (exact) mass is 222 g/mol. The van der Waals surface area contributed by atoms with Crippen LogP contribution in [0.4, 0.5) is 0 Å². The molecule has 3 nitrogen and oxygen atoms in total. The molecular formula is C13H18O3. The topological polar surface area (TPSA) is 38.7 Å². The number of hydrogen-bond donors (Lipinski definition) is 1. The molecule has 0 radical (unpaired) electrons. The molecule has 0 bridgehead atoms. The van der Waals surface area contributed by atoms with Crippen LogP contribution >= 0.6 is 0 Å². The van der Waals surface area contributed by atoms with Crippen LogP contribution in [0.2, 0.25) is 0 Å². The van der Waals surface area contributed by atoms with Crippen molar-refractivity contribution in [3.8, 4) is 11.5 Å². The number of methoxy groups -OCH3 is 2. The summed E-state index contributed by atoms with van der Waals surface area (Å²) < 4.78 is 10.4. The first-order chi connectivity index (χ1) is 7.60. The Labute approximate surface area is 96.3 Å². The quantitative estimate of drug-likeness (QED) is 0.778. The van der Waals surface area contributed by atoms with Gasteiger partial charge in [-0.05, 0) is 25.5 Å². The molecule has 0 aliphatic carbocycles. The fraction of sp³-hybridized carbons (Fsp3) is 0.385. The third-order valence-electron chi connectivity index (χ3n) is 2.34. The highest BCUT2D eigenvalue weighted by atomic mass is 16.5. The molecule has 0 amide bonds. The van der Waals surface area contributed by atoms with E-state index >= 15 is 0 Å². The van der Waals surface area contributed by atoms with E-state index in [1.165, 1.54) is 0 Å². The zero-order valence-electron chi connectivity index (χ0n) is 9.99. The summed E-state index contributed by atoms with van der Waals surface area (Å²) in [5.74, 6) is 1.27. The van der Waals surface area contributed by atoms with Gasteiger partial charge < -0.3 is 14.6 Å². The van der Waals surface area contributed by atoms with Crippen molar-refractivity contribution in [3.63, 3.8) is 0 Å². The zero-order valence-corrected chi connectivity index (χ0v) is 9.99. The van der Waals surface area contributed by atoms with Gasteiger partial charge in [0.2, 0.25) is 0 Å². The molecule has 3 heteroatoms. The molecule has 1 rings (SSSR count). The minimum atomic E-state index is -0.649. The van der Waals surface area contributed by atoms with E-state index in [4.69, 9.17) is 9.47 Å². The Morgan fingerprint density at radius 2 is 1.81 bits per heavy atom. The summed E-state index contributed by atoms with van der Waals surface area (Å²) in [6.45, 7) is 5.67. The summed E-state index contributed by atoms with van der Waals surface area (Å²) in [6, 6.07) is 5.44. The highest BCUT2D eigenvalue weighted by molar-refractivity contribution is 5.46. The summed E-state index contributed by atoms with van der Waals surface area (Å²) in [6.07, 6.45) is -0.153. The molecule has 16 heavy (non-hydrogen) atoms. The van der Waals surface area contributed by atoms with Crippen LogP contribution in [0.5, 0.6) is 11.5 Å². The second-order valence-electron chi connectivity index (χ2n) is 3.75.